The summed E-state index contributed by atoms with van der Waals surface area (Å²) in [5.74, 6) is 0.881. The molecule has 2 nitrogen and oxygen atoms in total. The van der Waals surface area contributed by atoms with Gasteiger partial charge in [0, 0.05) is 33.6 Å². The Morgan fingerprint density at radius 3 is 1.01 bits per heavy atom. The van der Waals surface area contributed by atoms with Gasteiger partial charge in [0.05, 0.1) is 0 Å². The van der Waals surface area contributed by atoms with Crippen LogP contribution in [-0.4, -0.2) is 0 Å². The minimum atomic E-state index is 0.881. The summed E-state index contributed by atoms with van der Waals surface area (Å²) in [6, 6.07) is 111. The Hall–Kier alpha value is -10.0. The van der Waals surface area contributed by atoms with E-state index in [2.05, 4.69) is 302 Å². The third-order valence-corrected chi connectivity index (χ3v) is 14.6. The van der Waals surface area contributed by atoms with Crippen LogP contribution in [-0.2, 0) is 0 Å². The second-order valence-corrected chi connectivity index (χ2v) is 19.2. The van der Waals surface area contributed by atoms with Crippen molar-refractivity contribution < 1.29 is 4.42 Å². The van der Waals surface area contributed by atoms with E-state index in [4.69, 9.17) is 4.42 Å². The van der Waals surface area contributed by atoms with Gasteiger partial charge in [0.15, 0.2) is 0 Å². The molecule has 0 spiro atoms. The number of hydrogen-bond donors (Lipinski definition) is 0. The van der Waals surface area contributed by atoms with Crippen LogP contribution in [0.1, 0.15) is 0 Å². The first-order valence-corrected chi connectivity index (χ1v) is 26.0. The molecule has 13 rings (SSSR count). The molecule has 12 aromatic carbocycles. The van der Waals surface area contributed by atoms with E-state index in [1.54, 1.807) is 0 Å². The first-order valence-electron chi connectivity index (χ1n) is 26.0. The molecule has 1 heterocycles. The number of para-hydroxylation sites is 1. The fourth-order valence-corrected chi connectivity index (χ4v) is 10.7. The molecule has 76 heavy (non-hydrogen) atoms. The number of furan rings is 1. The summed E-state index contributed by atoms with van der Waals surface area (Å²) in [6.45, 7) is 0. The fourth-order valence-electron chi connectivity index (χ4n) is 10.7. The Kier molecular flexibility index (Phi) is 12.3. The lowest BCUT2D eigenvalue weighted by Gasteiger charge is -2.26. The van der Waals surface area contributed by atoms with Crippen LogP contribution in [0, 0.1) is 0 Å². The Morgan fingerprint density at radius 2 is 0.526 bits per heavy atom. The molecule has 0 amide bonds. The second-order valence-electron chi connectivity index (χ2n) is 19.2. The van der Waals surface area contributed by atoms with Gasteiger partial charge in [0.25, 0.3) is 0 Å². The third-order valence-electron chi connectivity index (χ3n) is 14.6. The Balaban J connectivity index is 0.814. The number of anilines is 3. The minimum absolute atomic E-state index is 0.881. The van der Waals surface area contributed by atoms with Crippen LogP contribution in [0.5, 0.6) is 0 Å². The Bertz CT molecular complexity index is 4090. The molecule has 0 fully saturated rings. The molecular weight excluding hydrogens is 919 g/mol. The van der Waals surface area contributed by atoms with Crippen molar-refractivity contribution in [3.05, 3.63) is 309 Å². The molecule has 13 aromatic rings. The number of hydrogen-bond acceptors (Lipinski definition) is 2. The van der Waals surface area contributed by atoms with Crippen molar-refractivity contribution in [3.63, 3.8) is 0 Å². The smallest absolute Gasteiger partial charge is 0.143 e. The zero-order valence-corrected chi connectivity index (χ0v) is 41.8. The highest BCUT2D eigenvalue weighted by atomic mass is 16.3. The van der Waals surface area contributed by atoms with Gasteiger partial charge >= 0.3 is 0 Å². The maximum absolute atomic E-state index is 6.59. The number of fused-ring (bicyclic) bond motifs is 1. The molecule has 0 radical (unpaired) electrons. The molecule has 1 aromatic heterocycles. The highest BCUT2D eigenvalue weighted by molar-refractivity contribution is 6.02. The zero-order chi connectivity index (χ0) is 50.6. The van der Waals surface area contributed by atoms with Crippen LogP contribution >= 0.6 is 0 Å². The lowest BCUT2D eigenvalue weighted by atomic mass is 9.89. The highest BCUT2D eigenvalue weighted by Crippen LogP contribution is 2.44. The van der Waals surface area contributed by atoms with Gasteiger partial charge in [-0.15, -0.1) is 0 Å². The van der Waals surface area contributed by atoms with Crippen LogP contribution in [0.2, 0.25) is 0 Å². The second kappa shape index (κ2) is 20.5. The topological polar surface area (TPSA) is 16.4 Å². The van der Waals surface area contributed by atoms with Crippen molar-refractivity contribution in [1.82, 2.24) is 0 Å². The quantitative estimate of drug-likeness (QED) is 0.121. The third kappa shape index (κ3) is 9.10. The van der Waals surface area contributed by atoms with Crippen molar-refractivity contribution in [1.29, 1.82) is 0 Å². The van der Waals surface area contributed by atoms with E-state index in [1.807, 2.05) is 12.1 Å². The number of nitrogens with zero attached hydrogens (tertiary/aromatic N) is 1. The standard InChI is InChI=1S/C74H51NO/c1-4-17-52(18-5-1)53-31-33-54(34-32-53)56-39-45-64(46-40-56)75(66-49-43-60(44-50-66)68-26-11-13-28-70(68)69-27-12-10-25-67(69)59-19-6-2-7-20-59)65-47-41-57(42-48-65)55-35-37-58(38-36-55)62-23-16-24-63(51-62)74-73(61-21-8-3-9-22-61)71-29-14-15-30-72(71)76-74/h1-51H. The average Bonchev–Trinajstić information content (AvgIpc) is 3.92. The van der Waals surface area contributed by atoms with Gasteiger partial charge in [-0.25, -0.2) is 0 Å². The van der Waals surface area contributed by atoms with Crippen LogP contribution in [0.25, 0.3) is 111 Å². The van der Waals surface area contributed by atoms with Gasteiger partial charge in [-0.2, -0.15) is 0 Å². The molecule has 358 valence electrons. The summed E-state index contributed by atoms with van der Waals surface area (Å²) in [7, 11) is 0. The summed E-state index contributed by atoms with van der Waals surface area (Å²) in [6.07, 6.45) is 0. The number of rotatable bonds is 12. The van der Waals surface area contributed by atoms with Crippen molar-refractivity contribution in [2.24, 2.45) is 0 Å². The van der Waals surface area contributed by atoms with Gasteiger partial charge in [-0.1, -0.05) is 261 Å². The molecule has 0 saturated carbocycles. The van der Waals surface area contributed by atoms with Gasteiger partial charge in [0.1, 0.15) is 11.3 Å². The van der Waals surface area contributed by atoms with E-state index in [0.29, 0.717) is 0 Å². The van der Waals surface area contributed by atoms with E-state index >= 15 is 0 Å². The van der Waals surface area contributed by atoms with Crippen molar-refractivity contribution in [2.45, 2.75) is 0 Å². The van der Waals surface area contributed by atoms with Gasteiger partial charge in [-0.05, 0) is 132 Å². The van der Waals surface area contributed by atoms with E-state index < -0.39 is 0 Å². The fraction of sp³-hybridized carbons (Fsp3) is 0. The monoisotopic (exact) mass is 969 g/mol. The van der Waals surface area contributed by atoms with E-state index in [1.165, 1.54) is 50.1 Å². The number of benzene rings is 12. The lowest BCUT2D eigenvalue weighted by molar-refractivity contribution is 0.632. The Labute approximate surface area is 444 Å². The zero-order valence-electron chi connectivity index (χ0n) is 41.8. The molecule has 0 atom stereocenters. The molecule has 0 aliphatic rings. The molecule has 0 N–H and O–H groups in total. The maximum Gasteiger partial charge on any atom is 0.143 e. The van der Waals surface area contributed by atoms with Gasteiger partial charge < -0.3 is 9.32 Å². The van der Waals surface area contributed by atoms with E-state index in [9.17, 15) is 0 Å². The summed E-state index contributed by atoms with van der Waals surface area (Å²) >= 11 is 0. The largest absolute Gasteiger partial charge is 0.455 e. The summed E-state index contributed by atoms with van der Waals surface area (Å²) in [5.41, 5.74) is 24.0. The van der Waals surface area contributed by atoms with Crippen LogP contribution in [0.4, 0.5) is 17.1 Å². The summed E-state index contributed by atoms with van der Waals surface area (Å²) < 4.78 is 6.59. The lowest BCUT2D eigenvalue weighted by Crippen LogP contribution is -2.09. The molecular formula is C74H51NO. The highest BCUT2D eigenvalue weighted by Gasteiger charge is 2.19. The predicted octanol–water partition coefficient (Wildman–Crippen LogP) is 20.9. The molecule has 0 unspecified atom stereocenters. The van der Waals surface area contributed by atoms with Crippen LogP contribution in [0.3, 0.4) is 0 Å². The van der Waals surface area contributed by atoms with Gasteiger partial charge in [-0.3, -0.25) is 0 Å². The SMILES string of the molecule is c1ccc(-c2ccc(-c3ccc(N(c4ccc(-c5ccc(-c6cccc(-c7oc8ccccc8c7-c7ccccc7)c6)cc5)cc4)c4ccc(-c5ccccc5-c5ccccc5-c5ccccc5)cc4)cc3)cc2)cc1. The molecule has 0 bridgehead atoms. The van der Waals surface area contributed by atoms with Crippen molar-refractivity contribution in [2.75, 3.05) is 4.90 Å². The summed E-state index contributed by atoms with van der Waals surface area (Å²) in [5, 5.41) is 1.11. The molecule has 0 aliphatic heterocycles. The van der Waals surface area contributed by atoms with E-state index in [-0.39, 0.29) is 0 Å². The van der Waals surface area contributed by atoms with Crippen molar-refractivity contribution in [3.8, 4) is 100 Å². The van der Waals surface area contributed by atoms with Crippen LogP contribution < -0.4 is 4.90 Å². The summed E-state index contributed by atoms with van der Waals surface area (Å²) in [4.78, 5) is 2.35. The maximum atomic E-state index is 6.59. The predicted molar refractivity (Wildman–Crippen MR) is 320 cm³/mol. The van der Waals surface area contributed by atoms with E-state index in [0.717, 1.165) is 78.3 Å². The average molecular weight is 970 g/mol. The van der Waals surface area contributed by atoms with Crippen molar-refractivity contribution >= 4 is 28.0 Å². The first kappa shape index (κ1) is 45.8. The molecule has 0 aliphatic carbocycles. The van der Waals surface area contributed by atoms with Gasteiger partial charge in [0.2, 0.25) is 0 Å². The Morgan fingerprint density at radius 1 is 0.211 bits per heavy atom. The first-order chi connectivity index (χ1) is 37.7. The molecule has 0 saturated heterocycles. The normalized spacial score (nSPS) is 11.2. The minimum Gasteiger partial charge on any atom is -0.455 e. The molecule has 2 heteroatoms. The van der Waals surface area contributed by atoms with Crippen LogP contribution in [0.15, 0.2) is 314 Å².